The normalized spacial score (nSPS) is 13.0. The van der Waals surface area contributed by atoms with Crippen LogP contribution in [-0.4, -0.2) is 25.6 Å². The third kappa shape index (κ3) is 4.16. The number of aliphatic carboxylic acids is 1. The molecule has 7 nitrogen and oxygen atoms in total. The number of carboxylic acid groups (broad SMARTS) is 1. The third-order valence-electron chi connectivity index (χ3n) is 3.78. The van der Waals surface area contributed by atoms with E-state index in [1.807, 2.05) is 19.2 Å². The van der Waals surface area contributed by atoms with E-state index in [0.717, 1.165) is 10.7 Å². The summed E-state index contributed by atoms with van der Waals surface area (Å²) in [6, 6.07) is 8.06. The van der Waals surface area contributed by atoms with E-state index in [9.17, 15) is 9.59 Å². The van der Waals surface area contributed by atoms with Gasteiger partial charge in [0.25, 0.3) is 5.56 Å². The van der Waals surface area contributed by atoms with E-state index in [2.05, 4.69) is 4.98 Å². The molecule has 0 saturated carbocycles. The number of thiazole rings is 1. The van der Waals surface area contributed by atoms with Crippen LogP contribution in [0.2, 0.25) is 0 Å². The fraction of sp³-hybridized carbons (Fsp3) is 0.278. The Hall–Kier alpha value is -2.55. The van der Waals surface area contributed by atoms with Gasteiger partial charge in [0.05, 0.1) is 5.69 Å². The van der Waals surface area contributed by atoms with Crippen LogP contribution in [-0.2, 0) is 4.79 Å². The molecule has 0 aliphatic heterocycles. The maximum absolute atomic E-state index is 12.0. The van der Waals surface area contributed by atoms with Gasteiger partial charge in [-0.1, -0.05) is 30.3 Å². The number of carboxylic acids is 1. The average Bonchev–Trinajstić information content (AvgIpc) is 2.99. The number of carbonyl (C=O) groups is 1. The minimum atomic E-state index is -1.41. The first-order valence-electron chi connectivity index (χ1n) is 7.92. The monoisotopic (exact) mass is 375 g/mol. The summed E-state index contributed by atoms with van der Waals surface area (Å²) in [5.41, 5.74) is 8.43. The summed E-state index contributed by atoms with van der Waals surface area (Å²) in [5, 5.41) is 19.3. The molecule has 4 N–H and O–H groups in total. The van der Waals surface area contributed by atoms with Crippen LogP contribution in [0.25, 0.3) is 4.96 Å². The Kier molecular flexibility index (Phi) is 6.25. The Morgan fingerprint density at radius 3 is 2.42 bits per heavy atom. The molecule has 0 aliphatic rings. The second-order valence-electron chi connectivity index (χ2n) is 5.86. The number of aliphatic hydroxyl groups excluding tert-OH is 1. The molecule has 0 aliphatic carbocycles. The van der Waals surface area contributed by atoms with Crippen LogP contribution in [0.15, 0.2) is 40.5 Å². The predicted octanol–water partition coefficient (Wildman–Crippen LogP) is 2.20. The van der Waals surface area contributed by atoms with Gasteiger partial charge in [-0.15, -0.1) is 11.3 Å². The standard InChI is InChI=1S/C10H13N3OS.C8H8O3/c1-5-4-15-10-12-8(7(3)11)6(2)9(14)13(5)10;9-7(8(10)11)6-4-2-1-3-5-6/h4,7H,11H2,1-3H3;1-5,7,9H,(H,10,11)/t2*7-/m00/s1. The minimum Gasteiger partial charge on any atom is -0.479 e. The Morgan fingerprint density at radius 1 is 1.27 bits per heavy atom. The van der Waals surface area contributed by atoms with Crippen LogP contribution < -0.4 is 11.3 Å². The van der Waals surface area contributed by atoms with Gasteiger partial charge in [-0.3, -0.25) is 9.20 Å². The van der Waals surface area contributed by atoms with Crippen molar-refractivity contribution in [3.63, 3.8) is 0 Å². The van der Waals surface area contributed by atoms with Gasteiger partial charge in [-0.25, -0.2) is 9.78 Å². The lowest BCUT2D eigenvalue weighted by Gasteiger charge is -2.08. The summed E-state index contributed by atoms with van der Waals surface area (Å²) in [7, 11) is 0. The number of nitrogens with zero attached hydrogens (tertiary/aromatic N) is 2. The van der Waals surface area contributed by atoms with Crippen molar-refractivity contribution in [1.82, 2.24) is 9.38 Å². The molecule has 138 valence electrons. The average molecular weight is 375 g/mol. The molecule has 3 rings (SSSR count). The molecule has 0 saturated heterocycles. The first-order valence-corrected chi connectivity index (χ1v) is 8.80. The number of aliphatic hydroxyl groups is 1. The van der Waals surface area contributed by atoms with Crippen LogP contribution in [0.3, 0.4) is 0 Å². The number of aryl methyl sites for hydroxylation is 1. The lowest BCUT2D eigenvalue weighted by molar-refractivity contribution is -0.146. The molecule has 0 unspecified atom stereocenters. The highest BCUT2D eigenvalue weighted by Crippen LogP contribution is 2.16. The van der Waals surface area contributed by atoms with E-state index < -0.39 is 12.1 Å². The van der Waals surface area contributed by atoms with E-state index in [0.29, 0.717) is 16.8 Å². The first-order chi connectivity index (χ1) is 12.2. The molecule has 26 heavy (non-hydrogen) atoms. The topological polar surface area (TPSA) is 118 Å². The SMILES string of the molecule is Cc1c([C@H](C)N)nc2scc(C)n2c1=O.O=C(O)[C@@H](O)c1ccccc1. The number of hydrogen-bond acceptors (Lipinski definition) is 6. The maximum Gasteiger partial charge on any atom is 0.337 e. The number of rotatable bonds is 3. The van der Waals surface area contributed by atoms with Crippen molar-refractivity contribution in [2.45, 2.75) is 32.9 Å². The van der Waals surface area contributed by atoms with E-state index in [4.69, 9.17) is 15.9 Å². The minimum absolute atomic E-state index is 0.00829. The van der Waals surface area contributed by atoms with Crippen molar-refractivity contribution in [3.05, 3.63) is 68.6 Å². The molecule has 0 amide bonds. The lowest BCUT2D eigenvalue weighted by atomic mass is 10.1. The molecule has 2 heterocycles. The quantitative estimate of drug-likeness (QED) is 0.646. The van der Waals surface area contributed by atoms with Crippen molar-refractivity contribution in [1.29, 1.82) is 0 Å². The van der Waals surface area contributed by atoms with Crippen molar-refractivity contribution in [2.75, 3.05) is 0 Å². The fourth-order valence-electron chi connectivity index (χ4n) is 2.40. The molecule has 2 atom stereocenters. The van der Waals surface area contributed by atoms with Gasteiger partial charge in [0, 0.05) is 22.7 Å². The van der Waals surface area contributed by atoms with Crippen LogP contribution >= 0.6 is 11.3 Å². The summed E-state index contributed by atoms with van der Waals surface area (Å²) in [5.74, 6) is -1.23. The van der Waals surface area contributed by atoms with Crippen LogP contribution in [0.4, 0.5) is 0 Å². The van der Waals surface area contributed by atoms with Gasteiger partial charge in [0.15, 0.2) is 11.1 Å². The van der Waals surface area contributed by atoms with Crippen LogP contribution in [0.5, 0.6) is 0 Å². The zero-order chi connectivity index (χ0) is 19.4. The third-order valence-corrected chi connectivity index (χ3v) is 4.73. The second kappa shape index (κ2) is 8.22. The zero-order valence-electron chi connectivity index (χ0n) is 14.7. The number of fused-ring (bicyclic) bond motifs is 1. The Morgan fingerprint density at radius 2 is 1.88 bits per heavy atom. The Bertz CT molecular complexity index is 964. The number of nitrogens with two attached hydrogens (primary N) is 1. The highest BCUT2D eigenvalue weighted by molar-refractivity contribution is 7.15. The summed E-state index contributed by atoms with van der Waals surface area (Å²) in [4.78, 5) is 27.4. The number of hydrogen-bond donors (Lipinski definition) is 3. The smallest absolute Gasteiger partial charge is 0.337 e. The number of aromatic nitrogens is 2. The van der Waals surface area contributed by atoms with Crippen LogP contribution in [0, 0.1) is 13.8 Å². The highest BCUT2D eigenvalue weighted by atomic mass is 32.1. The summed E-state index contributed by atoms with van der Waals surface area (Å²) >= 11 is 1.46. The van der Waals surface area contributed by atoms with Gasteiger partial charge < -0.3 is 15.9 Å². The van der Waals surface area contributed by atoms with E-state index in [-0.39, 0.29) is 11.6 Å². The number of benzene rings is 1. The Labute approximate surface area is 154 Å². The molecule has 1 aromatic carbocycles. The zero-order valence-corrected chi connectivity index (χ0v) is 15.5. The van der Waals surface area contributed by atoms with Gasteiger partial charge in [0.1, 0.15) is 0 Å². The lowest BCUT2D eigenvalue weighted by Crippen LogP contribution is -2.23. The molecule has 8 heteroatoms. The van der Waals surface area contributed by atoms with E-state index in [1.54, 1.807) is 41.7 Å². The van der Waals surface area contributed by atoms with Crippen molar-refractivity contribution < 1.29 is 15.0 Å². The molecule has 2 aromatic heterocycles. The Balaban J connectivity index is 0.000000197. The first kappa shape index (κ1) is 19.8. The highest BCUT2D eigenvalue weighted by Gasteiger charge is 2.14. The molecule has 0 radical (unpaired) electrons. The van der Waals surface area contributed by atoms with E-state index in [1.165, 1.54) is 11.3 Å². The van der Waals surface area contributed by atoms with Crippen molar-refractivity contribution in [2.24, 2.45) is 5.73 Å². The predicted molar refractivity (Wildman–Crippen MR) is 100 cm³/mol. The second-order valence-corrected chi connectivity index (χ2v) is 6.70. The van der Waals surface area contributed by atoms with Gasteiger partial charge in [-0.2, -0.15) is 0 Å². The summed E-state index contributed by atoms with van der Waals surface area (Å²) < 4.78 is 1.63. The molecule has 3 aromatic rings. The largest absolute Gasteiger partial charge is 0.479 e. The summed E-state index contributed by atoms with van der Waals surface area (Å²) in [6.45, 7) is 5.51. The van der Waals surface area contributed by atoms with Crippen LogP contribution in [0.1, 0.15) is 41.6 Å². The van der Waals surface area contributed by atoms with Crippen molar-refractivity contribution >= 4 is 22.3 Å². The molecular weight excluding hydrogens is 354 g/mol. The van der Waals surface area contributed by atoms with Crippen molar-refractivity contribution in [3.8, 4) is 0 Å². The molecule has 0 bridgehead atoms. The molecular formula is C18H21N3O4S. The molecule has 0 fully saturated rings. The summed E-state index contributed by atoms with van der Waals surface area (Å²) in [6.07, 6.45) is -1.41. The molecule has 0 spiro atoms. The fourth-order valence-corrected chi connectivity index (χ4v) is 3.27. The van der Waals surface area contributed by atoms with Gasteiger partial charge in [-0.05, 0) is 26.3 Å². The van der Waals surface area contributed by atoms with Gasteiger partial charge in [0.2, 0.25) is 0 Å². The maximum atomic E-state index is 12.0. The van der Waals surface area contributed by atoms with Gasteiger partial charge >= 0.3 is 5.97 Å². The van der Waals surface area contributed by atoms with E-state index >= 15 is 0 Å².